The molecule has 2 N–H and O–H groups in total. The number of carbonyl (C=O) groups is 2. The van der Waals surface area contributed by atoms with Crippen molar-refractivity contribution < 1.29 is 14.3 Å². The van der Waals surface area contributed by atoms with Crippen molar-refractivity contribution >= 4 is 22.7 Å². The first-order valence-corrected chi connectivity index (χ1v) is 14.4. The summed E-state index contributed by atoms with van der Waals surface area (Å²) >= 11 is 0. The second-order valence-corrected chi connectivity index (χ2v) is 11.6. The number of aromatic nitrogens is 1. The molecular weight excluding hydrogens is 498 g/mol. The van der Waals surface area contributed by atoms with Crippen LogP contribution in [0, 0.1) is 12.8 Å². The summed E-state index contributed by atoms with van der Waals surface area (Å²) in [6, 6.07) is 23.5. The van der Waals surface area contributed by atoms with E-state index in [9.17, 15) is 9.59 Å². The topological polar surface area (TPSA) is 74.4 Å². The minimum Gasteiger partial charge on any atom is -0.376 e. The highest BCUT2D eigenvalue weighted by atomic mass is 16.5. The van der Waals surface area contributed by atoms with Crippen LogP contribution in [-0.2, 0) is 9.53 Å². The largest absolute Gasteiger partial charge is 0.376 e. The summed E-state index contributed by atoms with van der Waals surface area (Å²) < 4.78 is 5.76. The van der Waals surface area contributed by atoms with Crippen molar-refractivity contribution in [1.82, 2.24) is 15.2 Å². The molecule has 0 bridgehead atoms. The van der Waals surface area contributed by atoms with Gasteiger partial charge in [-0.15, -0.1) is 0 Å². The normalized spacial score (nSPS) is 19.4. The van der Waals surface area contributed by atoms with Gasteiger partial charge in [-0.1, -0.05) is 80.1 Å². The third-order valence-corrected chi connectivity index (χ3v) is 8.22. The van der Waals surface area contributed by atoms with Crippen LogP contribution in [0.25, 0.3) is 22.2 Å². The SMILES string of the molecule is Cc1ccc(-c2[nH]c3ccccc3c2C2c3ccccc3C(=O)N2C(CC(C)C)C(=O)NCC2CCCO2)cc1. The van der Waals surface area contributed by atoms with Gasteiger partial charge in [0.25, 0.3) is 5.91 Å². The van der Waals surface area contributed by atoms with Gasteiger partial charge in [-0.25, -0.2) is 0 Å². The zero-order valence-corrected chi connectivity index (χ0v) is 23.4. The van der Waals surface area contributed by atoms with E-state index in [1.165, 1.54) is 5.56 Å². The third-order valence-electron chi connectivity index (χ3n) is 8.22. The number of H-pyrrole nitrogens is 1. The molecule has 1 saturated heterocycles. The number of nitrogens with one attached hydrogen (secondary N) is 2. The Bertz CT molecular complexity index is 1530. The lowest BCUT2D eigenvalue weighted by Gasteiger charge is -2.34. The number of carbonyl (C=O) groups excluding carboxylic acids is 2. The maximum Gasteiger partial charge on any atom is 0.255 e. The maximum atomic E-state index is 14.2. The van der Waals surface area contributed by atoms with Crippen LogP contribution < -0.4 is 5.32 Å². The number of aromatic amines is 1. The van der Waals surface area contributed by atoms with Crippen molar-refractivity contribution in [2.24, 2.45) is 5.92 Å². The van der Waals surface area contributed by atoms with Crippen LogP contribution in [0.5, 0.6) is 0 Å². The molecule has 6 heteroatoms. The zero-order valence-electron chi connectivity index (χ0n) is 23.4. The number of ether oxygens (including phenoxy) is 1. The quantitative estimate of drug-likeness (QED) is 0.274. The molecule has 40 heavy (non-hydrogen) atoms. The molecule has 1 fully saturated rings. The lowest BCUT2D eigenvalue weighted by atomic mass is 9.91. The van der Waals surface area contributed by atoms with Gasteiger partial charge in [0.05, 0.1) is 17.8 Å². The minimum atomic E-state index is -0.620. The van der Waals surface area contributed by atoms with E-state index in [4.69, 9.17) is 4.74 Å². The predicted octanol–water partition coefficient (Wildman–Crippen LogP) is 6.40. The smallest absolute Gasteiger partial charge is 0.255 e. The first-order chi connectivity index (χ1) is 19.4. The molecule has 0 aliphatic carbocycles. The molecule has 1 aromatic heterocycles. The molecule has 0 spiro atoms. The molecule has 2 aliphatic heterocycles. The highest BCUT2D eigenvalue weighted by Gasteiger charge is 2.45. The summed E-state index contributed by atoms with van der Waals surface area (Å²) in [4.78, 5) is 33.7. The second kappa shape index (κ2) is 10.9. The molecule has 206 valence electrons. The number of amides is 2. The van der Waals surface area contributed by atoms with Gasteiger partial charge >= 0.3 is 0 Å². The van der Waals surface area contributed by atoms with Gasteiger partial charge in [0, 0.05) is 35.2 Å². The monoisotopic (exact) mass is 535 g/mol. The van der Waals surface area contributed by atoms with Crippen LogP contribution in [0.2, 0.25) is 0 Å². The minimum absolute atomic E-state index is 0.0349. The van der Waals surface area contributed by atoms with Crippen molar-refractivity contribution in [3.8, 4) is 11.3 Å². The molecule has 3 atom stereocenters. The van der Waals surface area contributed by atoms with Gasteiger partial charge in [-0.2, -0.15) is 0 Å². The molecular formula is C34H37N3O3. The van der Waals surface area contributed by atoms with E-state index in [2.05, 4.69) is 67.5 Å². The summed E-state index contributed by atoms with van der Waals surface area (Å²) in [6.07, 6.45) is 2.56. The van der Waals surface area contributed by atoms with Crippen molar-refractivity contribution in [3.63, 3.8) is 0 Å². The third kappa shape index (κ3) is 4.81. The number of fused-ring (bicyclic) bond motifs is 2. The fourth-order valence-corrected chi connectivity index (χ4v) is 6.28. The van der Waals surface area contributed by atoms with Gasteiger partial charge in [0.15, 0.2) is 0 Å². The lowest BCUT2D eigenvalue weighted by Crippen LogP contribution is -2.50. The molecule has 3 heterocycles. The molecule has 2 aliphatic rings. The number of para-hydroxylation sites is 1. The molecule has 6 nitrogen and oxygen atoms in total. The van der Waals surface area contributed by atoms with Crippen LogP contribution >= 0.6 is 0 Å². The van der Waals surface area contributed by atoms with E-state index in [1.807, 2.05) is 41.3 Å². The van der Waals surface area contributed by atoms with Gasteiger partial charge in [-0.3, -0.25) is 9.59 Å². The van der Waals surface area contributed by atoms with E-state index < -0.39 is 12.1 Å². The average molecular weight is 536 g/mol. The Hall–Kier alpha value is -3.90. The highest BCUT2D eigenvalue weighted by molar-refractivity contribution is 6.04. The summed E-state index contributed by atoms with van der Waals surface area (Å²) in [5.74, 6) is 0.000850. The van der Waals surface area contributed by atoms with Crippen LogP contribution in [0.3, 0.4) is 0 Å². The first-order valence-electron chi connectivity index (χ1n) is 14.4. The number of nitrogens with zero attached hydrogens (tertiary/aromatic N) is 1. The predicted molar refractivity (Wildman–Crippen MR) is 158 cm³/mol. The summed E-state index contributed by atoms with van der Waals surface area (Å²) in [6.45, 7) is 7.49. The Labute approximate surface area is 235 Å². The van der Waals surface area contributed by atoms with E-state index >= 15 is 0 Å². The Balaban J connectivity index is 1.50. The molecule has 3 aromatic carbocycles. The van der Waals surface area contributed by atoms with E-state index in [0.29, 0.717) is 18.5 Å². The van der Waals surface area contributed by atoms with Crippen LogP contribution in [0.15, 0.2) is 72.8 Å². The van der Waals surface area contributed by atoms with Gasteiger partial charge in [0.1, 0.15) is 6.04 Å². The fraction of sp³-hybridized carbons (Fsp3) is 0.353. The number of hydrogen-bond donors (Lipinski definition) is 2. The molecule has 3 unspecified atom stereocenters. The Morgan fingerprint density at radius 3 is 2.55 bits per heavy atom. The van der Waals surface area contributed by atoms with Crippen LogP contribution in [-0.4, -0.2) is 47.0 Å². The number of aryl methyl sites for hydroxylation is 1. The number of rotatable bonds is 8. The van der Waals surface area contributed by atoms with Crippen molar-refractivity contribution in [1.29, 1.82) is 0 Å². The highest BCUT2D eigenvalue weighted by Crippen LogP contribution is 2.47. The zero-order chi connectivity index (χ0) is 27.8. The molecule has 2 amide bonds. The second-order valence-electron chi connectivity index (χ2n) is 11.6. The molecule has 6 rings (SSSR count). The van der Waals surface area contributed by atoms with E-state index in [1.54, 1.807) is 0 Å². The van der Waals surface area contributed by atoms with Crippen LogP contribution in [0.4, 0.5) is 0 Å². The summed E-state index contributed by atoms with van der Waals surface area (Å²) in [7, 11) is 0. The lowest BCUT2D eigenvalue weighted by molar-refractivity contribution is -0.127. The molecule has 4 aromatic rings. The number of benzene rings is 3. The molecule has 0 radical (unpaired) electrons. The van der Waals surface area contributed by atoms with E-state index in [0.717, 1.165) is 52.7 Å². The van der Waals surface area contributed by atoms with Crippen molar-refractivity contribution in [2.75, 3.05) is 13.2 Å². The standard InChI is InChI=1S/C34H37N3O3/c1-21(2)19-29(33(38)35-20-24-9-8-18-40-24)37-32(25-10-4-5-11-26(25)34(37)39)30-27-12-6-7-13-28(27)36-31(30)23-16-14-22(3)15-17-23/h4-7,10-17,21,24,29,32,36H,8-9,18-20H2,1-3H3,(H,35,38). The summed E-state index contributed by atoms with van der Waals surface area (Å²) in [5, 5.41) is 4.20. The average Bonchev–Trinajstić information content (AvgIpc) is 3.68. The van der Waals surface area contributed by atoms with Crippen molar-refractivity contribution in [2.45, 2.75) is 58.2 Å². The van der Waals surface area contributed by atoms with E-state index in [-0.39, 0.29) is 23.8 Å². The Morgan fingerprint density at radius 2 is 1.80 bits per heavy atom. The van der Waals surface area contributed by atoms with Gasteiger partial charge in [-0.05, 0) is 55.4 Å². The Kier molecular flexibility index (Phi) is 7.20. The summed E-state index contributed by atoms with van der Waals surface area (Å²) in [5.41, 5.74) is 6.84. The van der Waals surface area contributed by atoms with Gasteiger partial charge < -0.3 is 19.9 Å². The fourth-order valence-electron chi connectivity index (χ4n) is 6.28. The Morgan fingerprint density at radius 1 is 1.05 bits per heavy atom. The van der Waals surface area contributed by atoms with Gasteiger partial charge in [0.2, 0.25) is 5.91 Å². The molecule has 0 saturated carbocycles. The first kappa shape index (κ1) is 26.3. The maximum absolute atomic E-state index is 14.2. The number of hydrogen-bond acceptors (Lipinski definition) is 3. The van der Waals surface area contributed by atoms with Crippen molar-refractivity contribution in [3.05, 3.63) is 95.1 Å². The van der Waals surface area contributed by atoms with Crippen LogP contribution in [0.1, 0.15) is 66.2 Å².